The van der Waals surface area contributed by atoms with Crippen molar-refractivity contribution in [2.45, 2.75) is 50.9 Å². The Balaban J connectivity index is 5.31. The molecule has 0 aromatic heterocycles. The summed E-state index contributed by atoms with van der Waals surface area (Å²) in [5, 5.41) is 25.4. The highest BCUT2D eigenvalue weighted by Gasteiger charge is 2.30. The van der Waals surface area contributed by atoms with Crippen molar-refractivity contribution in [3.05, 3.63) is 0 Å². The fourth-order valence-electron chi connectivity index (χ4n) is 2.30. The van der Waals surface area contributed by atoms with E-state index in [9.17, 15) is 19.2 Å². The van der Waals surface area contributed by atoms with Crippen LogP contribution < -0.4 is 21.7 Å². The van der Waals surface area contributed by atoms with Gasteiger partial charge in [-0.1, -0.05) is 13.8 Å². The second-order valence-corrected chi connectivity index (χ2v) is 8.26. The molecule has 7 N–H and O–H groups in total. The van der Waals surface area contributed by atoms with Gasteiger partial charge < -0.3 is 31.9 Å². The maximum atomic E-state index is 12.7. The van der Waals surface area contributed by atoms with Gasteiger partial charge in [-0.15, -0.1) is 0 Å². The van der Waals surface area contributed by atoms with Gasteiger partial charge in [0.1, 0.15) is 18.1 Å². The molecule has 4 unspecified atom stereocenters. The van der Waals surface area contributed by atoms with Crippen LogP contribution in [0.5, 0.6) is 0 Å². The van der Waals surface area contributed by atoms with Crippen LogP contribution in [-0.2, 0) is 19.2 Å². The standard InChI is InChI=1S/C17H32N4O6S2/c1-9(2)6-12(16(25)21-13(7-22)17(26)27)20-15(24)11(4-5-29-3)19-14(23)10(18)8-28/h9-13,22,28H,4-8,18H2,1-3H3,(H,19,23)(H,20,24)(H,21,25)(H,26,27). The molecule has 0 aliphatic heterocycles. The van der Waals surface area contributed by atoms with E-state index in [1.165, 1.54) is 11.8 Å². The van der Waals surface area contributed by atoms with Gasteiger partial charge in [0.25, 0.3) is 0 Å². The molecular weight excluding hydrogens is 420 g/mol. The van der Waals surface area contributed by atoms with Crippen LogP contribution >= 0.6 is 24.4 Å². The van der Waals surface area contributed by atoms with Crippen LogP contribution in [0.15, 0.2) is 0 Å². The van der Waals surface area contributed by atoms with E-state index < -0.39 is 54.5 Å². The van der Waals surface area contributed by atoms with E-state index >= 15 is 0 Å². The summed E-state index contributed by atoms with van der Waals surface area (Å²) in [4.78, 5) is 48.3. The number of carbonyl (C=O) groups excluding carboxylic acids is 3. The second kappa shape index (κ2) is 14.5. The molecule has 10 nitrogen and oxygen atoms in total. The van der Waals surface area contributed by atoms with Crippen molar-refractivity contribution < 1.29 is 29.4 Å². The van der Waals surface area contributed by atoms with E-state index in [0.29, 0.717) is 12.2 Å². The minimum Gasteiger partial charge on any atom is -0.480 e. The SMILES string of the molecule is CSCCC(NC(=O)C(N)CS)C(=O)NC(CC(C)C)C(=O)NC(CO)C(=O)O. The first kappa shape index (κ1) is 27.5. The lowest BCUT2D eigenvalue weighted by Crippen LogP contribution is -2.58. The Morgan fingerprint density at radius 1 is 1.00 bits per heavy atom. The summed E-state index contributed by atoms with van der Waals surface area (Å²) in [5.74, 6) is -2.51. The van der Waals surface area contributed by atoms with Crippen LogP contribution in [0.1, 0.15) is 26.7 Å². The van der Waals surface area contributed by atoms with Crippen LogP contribution in [-0.4, -0.2) is 82.4 Å². The highest BCUT2D eigenvalue weighted by Crippen LogP contribution is 2.08. The minimum atomic E-state index is -1.48. The second-order valence-electron chi connectivity index (χ2n) is 6.90. The summed E-state index contributed by atoms with van der Waals surface area (Å²) in [6.45, 7) is 2.90. The molecule has 4 atom stereocenters. The Hall–Kier alpha value is -1.50. The highest BCUT2D eigenvalue weighted by atomic mass is 32.2. The molecule has 0 saturated carbocycles. The number of hydrogen-bond acceptors (Lipinski definition) is 8. The number of carboxylic acid groups (broad SMARTS) is 1. The molecule has 0 aromatic rings. The molecule has 0 saturated heterocycles. The first-order valence-electron chi connectivity index (χ1n) is 9.17. The third-order valence-corrected chi connectivity index (χ3v) is 4.95. The smallest absolute Gasteiger partial charge is 0.328 e. The number of thioether (sulfide) groups is 1. The number of rotatable bonds is 14. The zero-order chi connectivity index (χ0) is 22.6. The molecule has 12 heteroatoms. The van der Waals surface area contributed by atoms with E-state index in [4.69, 9.17) is 15.9 Å². The number of carboxylic acids is 1. The number of nitrogens with two attached hydrogens (primary N) is 1. The van der Waals surface area contributed by atoms with Crippen LogP contribution in [0.2, 0.25) is 0 Å². The fourth-order valence-corrected chi connectivity index (χ4v) is 2.94. The van der Waals surface area contributed by atoms with Gasteiger partial charge in [0, 0.05) is 5.75 Å². The van der Waals surface area contributed by atoms with Crippen molar-refractivity contribution in [3.63, 3.8) is 0 Å². The Bertz CT molecular complexity index is 564. The Morgan fingerprint density at radius 2 is 1.52 bits per heavy atom. The minimum absolute atomic E-state index is 0.0142. The fraction of sp³-hybridized carbons (Fsp3) is 0.765. The first-order valence-corrected chi connectivity index (χ1v) is 11.2. The zero-order valence-electron chi connectivity index (χ0n) is 16.9. The van der Waals surface area contributed by atoms with E-state index in [1.54, 1.807) is 0 Å². The quantitative estimate of drug-likeness (QED) is 0.157. The van der Waals surface area contributed by atoms with Gasteiger partial charge >= 0.3 is 5.97 Å². The molecular formula is C17H32N4O6S2. The zero-order valence-corrected chi connectivity index (χ0v) is 18.6. The molecule has 3 amide bonds. The third-order valence-electron chi connectivity index (χ3n) is 3.91. The molecule has 0 heterocycles. The summed E-state index contributed by atoms with van der Waals surface area (Å²) in [5.41, 5.74) is 5.64. The predicted octanol–water partition coefficient (Wildman–Crippen LogP) is -1.43. The number of hydrogen-bond donors (Lipinski definition) is 7. The predicted molar refractivity (Wildman–Crippen MR) is 115 cm³/mol. The maximum Gasteiger partial charge on any atom is 0.328 e. The normalized spacial score (nSPS) is 15.1. The van der Waals surface area contributed by atoms with Crippen LogP contribution in [0.25, 0.3) is 0 Å². The van der Waals surface area contributed by atoms with Crippen LogP contribution in [0.3, 0.4) is 0 Å². The lowest BCUT2D eigenvalue weighted by Gasteiger charge is -2.25. The van der Waals surface area contributed by atoms with E-state index in [-0.39, 0.29) is 18.1 Å². The molecule has 0 fully saturated rings. The van der Waals surface area contributed by atoms with Gasteiger partial charge in [-0.2, -0.15) is 24.4 Å². The van der Waals surface area contributed by atoms with Crippen LogP contribution in [0.4, 0.5) is 0 Å². The number of aliphatic hydroxyl groups is 1. The molecule has 0 bridgehead atoms. The molecule has 0 rings (SSSR count). The van der Waals surface area contributed by atoms with Gasteiger partial charge in [0.2, 0.25) is 17.7 Å². The van der Waals surface area contributed by atoms with Gasteiger partial charge in [0.15, 0.2) is 0 Å². The first-order chi connectivity index (χ1) is 13.6. The monoisotopic (exact) mass is 452 g/mol. The number of thiol groups is 1. The molecule has 0 aromatic carbocycles. The summed E-state index contributed by atoms with van der Waals surface area (Å²) < 4.78 is 0. The average molecular weight is 453 g/mol. The number of nitrogens with one attached hydrogen (secondary N) is 3. The molecule has 29 heavy (non-hydrogen) atoms. The largest absolute Gasteiger partial charge is 0.480 e. The van der Waals surface area contributed by atoms with E-state index in [0.717, 1.165) is 0 Å². The number of aliphatic carboxylic acids is 1. The third kappa shape index (κ3) is 10.7. The molecule has 0 aliphatic carbocycles. The summed E-state index contributed by atoms with van der Waals surface area (Å²) >= 11 is 5.45. The van der Waals surface area contributed by atoms with Crippen molar-refractivity contribution in [2.24, 2.45) is 11.7 Å². The Morgan fingerprint density at radius 3 is 1.97 bits per heavy atom. The van der Waals surface area contributed by atoms with Crippen molar-refractivity contribution in [2.75, 3.05) is 24.4 Å². The highest BCUT2D eigenvalue weighted by molar-refractivity contribution is 7.98. The van der Waals surface area contributed by atoms with E-state index in [2.05, 4.69) is 28.6 Å². The lowest BCUT2D eigenvalue weighted by molar-refractivity contribution is -0.143. The number of aliphatic hydroxyl groups excluding tert-OH is 1. The lowest BCUT2D eigenvalue weighted by atomic mass is 10.0. The van der Waals surface area contributed by atoms with Crippen molar-refractivity contribution in [1.29, 1.82) is 0 Å². The summed E-state index contributed by atoms with van der Waals surface area (Å²) in [7, 11) is 0. The number of amides is 3. The van der Waals surface area contributed by atoms with Crippen LogP contribution in [0, 0.1) is 5.92 Å². The molecule has 0 radical (unpaired) electrons. The molecule has 0 spiro atoms. The summed E-state index contributed by atoms with van der Waals surface area (Å²) in [6.07, 6.45) is 2.42. The Kier molecular flexibility index (Phi) is 13.7. The van der Waals surface area contributed by atoms with Crippen molar-refractivity contribution >= 4 is 48.1 Å². The molecule has 168 valence electrons. The topological polar surface area (TPSA) is 171 Å². The van der Waals surface area contributed by atoms with E-state index in [1.807, 2.05) is 20.1 Å². The van der Waals surface area contributed by atoms with Gasteiger partial charge in [-0.25, -0.2) is 4.79 Å². The van der Waals surface area contributed by atoms with Gasteiger partial charge in [-0.05, 0) is 30.8 Å². The molecule has 0 aliphatic rings. The maximum absolute atomic E-state index is 12.7. The van der Waals surface area contributed by atoms with Crippen molar-refractivity contribution in [1.82, 2.24) is 16.0 Å². The Labute approximate surface area is 180 Å². The number of carbonyl (C=O) groups is 4. The average Bonchev–Trinajstić information content (AvgIpc) is 2.66. The van der Waals surface area contributed by atoms with Gasteiger partial charge in [-0.3, -0.25) is 14.4 Å². The summed E-state index contributed by atoms with van der Waals surface area (Å²) in [6, 6.07) is -4.28. The van der Waals surface area contributed by atoms with Gasteiger partial charge in [0.05, 0.1) is 12.6 Å². The van der Waals surface area contributed by atoms with Crippen molar-refractivity contribution in [3.8, 4) is 0 Å².